The molecule has 1 aliphatic rings. The number of hydrogen-bond acceptors (Lipinski definition) is 6. The topological polar surface area (TPSA) is 94.2 Å². The van der Waals surface area contributed by atoms with Crippen LogP contribution in [0.15, 0.2) is 60.2 Å². The second-order valence-corrected chi connectivity index (χ2v) is 9.78. The SMILES string of the molecule is CCCOc1ccc(CN2C(=O)NC(=O)/C(=C\c3cc(Cl)c(OCc4ccccc4F)c(Cl)c3)C2=O)cc1OCC. The molecule has 1 heterocycles. The largest absolute Gasteiger partial charge is 0.490 e. The predicted molar refractivity (Wildman–Crippen MR) is 153 cm³/mol. The summed E-state index contributed by atoms with van der Waals surface area (Å²) in [5.74, 6) is -0.936. The van der Waals surface area contributed by atoms with Gasteiger partial charge < -0.3 is 14.2 Å². The fourth-order valence-corrected chi connectivity index (χ4v) is 4.62. The average Bonchev–Trinajstić information content (AvgIpc) is 2.93. The summed E-state index contributed by atoms with van der Waals surface area (Å²) >= 11 is 12.7. The molecule has 4 rings (SSSR count). The van der Waals surface area contributed by atoms with Crippen molar-refractivity contribution in [2.75, 3.05) is 13.2 Å². The van der Waals surface area contributed by atoms with Crippen LogP contribution in [0.3, 0.4) is 0 Å². The minimum atomic E-state index is -0.860. The number of carbonyl (C=O) groups excluding carboxylic acids is 3. The monoisotopic (exact) mass is 600 g/mol. The van der Waals surface area contributed by atoms with Gasteiger partial charge >= 0.3 is 6.03 Å². The summed E-state index contributed by atoms with van der Waals surface area (Å²) in [6.07, 6.45) is 2.10. The van der Waals surface area contributed by atoms with Gasteiger partial charge in [-0.3, -0.25) is 19.8 Å². The summed E-state index contributed by atoms with van der Waals surface area (Å²) < 4.78 is 31.0. The highest BCUT2D eigenvalue weighted by molar-refractivity contribution is 6.37. The van der Waals surface area contributed by atoms with Gasteiger partial charge in [0.25, 0.3) is 11.8 Å². The molecular weight excluding hydrogens is 574 g/mol. The Kier molecular flexibility index (Phi) is 9.86. The van der Waals surface area contributed by atoms with Gasteiger partial charge in [-0.15, -0.1) is 0 Å². The first kappa shape index (κ1) is 29.9. The van der Waals surface area contributed by atoms with E-state index >= 15 is 0 Å². The number of imide groups is 2. The Morgan fingerprint density at radius 1 is 0.927 bits per heavy atom. The molecule has 0 aromatic heterocycles. The highest BCUT2D eigenvalue weighted by Crippen LogP contribution is 2.36. The molecule has 0 radical (unpaired) electrons. The third-order valence-electron chi connectivity index (χ3n) is 5.96. The van der Waals surface area contributed by atoms with Crippen LogP contribution >= 0.6 is 23.2 Å². The minimum Gasteiger partial charge on any atom is -0.490 e. The van der Waals surface area contributed by atoms with Crippen LogP contribution in [-0.2, 0) is 22.7 Å². The normalized spacial score (nSPS) is 14.3. The number of hydrogen-bond donors (Lipinski definition) is 1. The van der Waals surface area contributed by atoms with Crippen molar-refractivity contribution in [1.82, 2.24) is 10.2 Å². The number of halogens is 3. The van der Waals surface area contributed by atoms with Gasteiger partial charge in [0, 0.05) is 5.56 Å². The zero-order chi connectivity index (χ0) is 29.5. The lowest BCUT2D eigenvalue weighted by Crippen LogP contribution is -2.53. The van der Waals surface area contributed by atoms with Gasteiger partial charge in [-0.05, 0) is 60.9 Å². The average molecular weight is 601 g/mol. The number of urea groups is 1. The minimum absolute atomic E-state index is 0.0890. The van der Waals surface area contributed by atoms with Crippen LogP contribution in [0.5, 0.6) is 17.2 Å². The fourth-order valence-electron chi connectivity index (χ4n) is 4.00. The molecule has 0 aliphatic carbocycles. The molecule has 0 atom stereocenters. The Bertz CT molecular complexity index is 1490. The van der Waals surface area contributed by atoms with Crippen LogP contribution < -0.4 is 19.5 Å². The number of rotatable bonds is 11. The first-order chi connectivity index (χ1) is 19.7. The summed E-state index contributed by atoms with van der Waals surface area (Å²) in [6, 6.07) is 13.3. The van der Waals surface area contributed by atoms with Crippen LogP contribution in [-0.4, -0.2) is 36.0 Å². The van der Waals surface area contributed by atoms with Crippen molar-refractivity contribution in [1.29, 1.82) is 0 Å². The van der Waals surface area contributed by atoms with Gasteiger partial charge in [0.05, 0.1) is 29.8 Å². The van der Waals surface area contributed by atoms with Gasteiger partial charge in [0.1, 0.15) is 18.0 Å². The molecule has 3 aromatic rings. The summed E-state index contributed by atoms with van der Waals surface area (Å²) in [4.78, 5) is 39.4. The first-order valence-electron chi connectivity index (χ1n) is 12.8. The van der Waals surface area contributed by atoms with Crippen LogP contribution in [0.4, 0.5) is 9.18 Å². The molecule has 214 valence electrons. The van der Waals surface area contributed by atoms with Crippen LogP contribution in [0, 0.1) is 5.82 Å². The number of carbonyl (C=O) groups is 3. The molecule has 1 saturated heterocycles. The standard InChI is InChI=1S/C30H27Cl2FN2O6/c1-3-11-40-25-10-9-18(15-26(25)39-4-2)16-35-29(37)21(28(36)34-30(35)38)12-19-13-22(31)27(23(32)14-19)41-17-20-7-5-6-8-24(20)33/h5-10,12-15H,3-4,11,16-17H2,1-2H3,(H,34,36,38)/b21-12+. The van der Waals surface area contributed by atoms with E-state index in [2.05, 4.69) is 5.32 Å². The molecule has 1 fully saturated rings. The Hall–Kier alpha value is -4.08. The van der Waals surface area contributed by atoms with Gasteiger partial charge in [-0.25, -0.2) is 9.18 Å². The zero-order valence-electron chi connectivity index (χ0n) is 22.3. The van der Waals surface area contributed by atoms with Crippen molar-refractivity contribution < 1.29 is 33.0 Å². The Morgan fingerprint density at radius 2 is 1.66 bits per heavy atom. The first-order valence-corrected chi connectivity index (χ1v) is 13.6. The van der Waals surface area contributed by atoms with Crippen molar-refractivity contribution >= 4 is 47.1 Å². The lowest BCUT2D eigenvalue weighted by molar-refractivity contribution is -0.130. The molecule has 1 aliphatic heterocycles. The van der Waals surface area contributed by atoms with Gasteiger partial charge in [-0.2, -0.15) is 0 Å². The van der Waals surface area contributed by atoms with Crippen molar-refractivity contribution in [2.45, 2.75) is 33.4 Å². The molecular formula is C30H27Cl2FN2O6. The van der Waals surface area contributed by atoms with Crippen molar-refractivity contribution in [3.05, 3.63) is 92.7 Å². The fraction of sp³-hybridized carbons (Fsp3) is 0.233. The third kappa shape index (κ3) is 7.17. The molecule has 8 nitrogen and oxygen atoms in total. The summed E-state index contributed by atoms with van der Waals surface area (Å²) in [5, 5.41) is 2.37. The number of amides is 4. The number of barbiturate groups is 1. The Morgan fingerprint density at radius 3 is 2.34 bits per heavy atom. The van der Waals surface area contributed by atoms with E-state index in [0.717, 1.165) is 11.3 Å². The van der Waals surface area contributed by atoms with Crippen molar-refractivity contribution in [2.24, 2.45) is 0 Å². The maximum Gasteiger partial charge on any atom is 0.331 e. The maximum absolute atomic E-state index is 13.9. The van der Waals surface area contributed by atoms with E-state index in [1.165, 1.54) is 24.3 Å². The van der Waals surface area contributed by atoms with Crippen molar-refractivity contribution in [3.8, 4) is 17.2 Å². The quantitative estimate of drug-likeness (QED) is 0.198. The predicted octanol–water partition coefficient (Wildman–Crippen LogP) is 6.56. The molecule has 0 unspecified atom stereocenters. The van der Waals surface area contributed by atoms with E-state index in [1.54, 1.807) is 36.4 Å². The number of nitrogens with zero attached hydrogens (tertiary/aromatic N) is 1. The lowest BCUT2D eigenvalue weighted by Gasteiger charge is -2.26. The van der Waals surface area contributed by atoms with Gasteiger partial charge in [0.15, 0.2) is 17.2 Å². The van der Waals surface area contributed by atoms with Crippen LogP contribution in [0.25, 0.3) is 6.08 Å². The van der Waals surface area contributed by atoms with E-state index in [9.17, 15) is 18.8 Å². The Labute approximate surface area is 246 Å². The molecule has 0 saturated carbocycles. The number of ether oxygens (including phenoxy) is 3. The molecule has 0 spiro atoms. The number of benzene rings is 3. The highest BCUT2D eigenvalue weighted by Gasteiger charge is 2.36. The van der Waals surface area contributed by atoms with E-state index in [-0.39, 0.29) is 34.5 Å². The summed E-state index contributed by atoms with van der Waals surface area (Å²) in [7, 11) is 0. The molecule has 1 N–H and O–H groups in total. The Balaban J connectivity index is 1.55. The second kappa shape index (κ2) is 13.5. The molecule has 0 bridgehead atoms. The van der Waals surface area contributed by atoms with E-state index in [1.807, 2.05) is 13.8 Å². The van der Waals surface area contributed by atoms with E-state index in [0.29, 0.717) is 41.4 Å². The van der Waals surface area contributed by atoms with Crippen molar-refractivity contribution in [3.63, 3.8) is 0 Å². The molecule has 11 heteroatoms. The van der Waals surface area contributed by atoms with Gasteiger partial charge in [-0.1, -0.05) is 54.4 Å². The number of nitrogens with one attached hydrogen (secondary N) is 1. The zero-order valence-corrected chi connectivity index (χ0v) is 23.9. The van der Waals surface area contributed by atoms with E-state index in [4.69, 9.17) is 37.4 Å². The van der Waals surface area contributed by atoms with Crippen LogP contribution in [0.1, 0.15) is 37.0 Å². The third-order valence-corrected chi connectivity index (χ3v) is 6.52. The summed E-state index contributed by atoms with van der Waals surface area (Å²) in [6.45, 7) is 4.50. The molecule has 3 aromatic carbocycles. The lowest BCUT2D eigenvalue weighted by atomic mass is 10.1. The second-order valence-electron chi connectivity index (χ2n) is 8.96. The van der Waals surface area contributed by atoms with Gasteiger partial charge in [0.2, 0.25) is 0 Å². The molecule has 4 amide bonds. The molecule has 41 heavy (non-hydrogen) atoms. The smallest absolute Gasteiger partial charge is 0.331 e. The summed E-state index contributed by atoms with van der Waals surface area (Å²) in [5.41, 5.74) is 0.945. The maximum atomic E-state index is 13.9. The highest BCUT2D eigenvalue weighted by atomic mass is 35.5. The van der Waals surface area contributed by atoms with E-state index < -0.39 is 23.7 Å². The van der Waals surface area contributed by atoms with Crippen LogP contribution in [0.2, 0.25) is 10.0 Å².